The molecule has 4 nitrogen and oxygen atoms in total. The number of ether oxygens (including phenoxy) is 1. The molecule has 1 atom stereocenters. The summed E-state index contributed by atoms with van der Waals surface area (Å²) < 4.78 is 19.1. The van der Waals surface area contributed by atoms with E-state index in [0.717, 1.165) is 0 Å². The van der Waals surface area contributed by atoms with Crippen molar-refractivity contribution in [1.29, 1.82) is 0 Å². The summed E-state index contributed by atoms with van der Waals surface area (Å²) in [5.41, 5.74) is 5.60. The lowest BCUT2D eigenvalue weighted by molar-refractivity contribution is 0.0505. The highest BCUT2D eigenvalue weighted by Crippen LogP contribution is 2.24. The van der Waals surface area contributed by atoms with Crippen molar-refractivity contribution in [2.24, 2.45) is 5.73 Å². The molecule has 0 bridgehead atoms. The SMILES string of the molecule is CC(C)(C)OC(=O)NC(CN)c1cc(F)ccc1Br. The molecule has 1 rings (SSSR count). The third-order valence-electron chi connectivity index (χ3n) is 2.26. The lowest BCUT2D eigenvalue weighted by Gasteiger charge is -2.23. The Morgan fingerprint density at radius 1 is 1.53 bits per heavy atom. The third-order valence-corrected chi connectivity index (χ3v) is 2.98. The zero-order chi connectivity index (χ0) is 14.6. The number of nitrogens with two attached hydrogens (primary N) is 1. The fourth-order valence-electron chi connectivity index (χ4n) is 1.50. The van der Waals surface area contributed by atoms with Crippen LogP contribution >= 0.6 is 15.9 Å². The molecule has 106 valence electrons. The maximum atomic E-state index is 13.2. The Kier molecular flexibility index (Phi) is 5.31. The first-order valence-electron chi connectivity index (χ1n) is 5.87. The van der Waals surface area contributed by atoms with Gasteiger partial charge in [-0.25, -0.2) is 9.18 Å². The molecule has 0 radical (unpaired) electrons. The minimum atomic E-state index is -0.595. The number of hydrogen-bond donors (Lipinski definition) is 2. The Bertz CT molecular complexity index is 460. The molecular formula is C13H18BrFN2O2. The van der Waals surface area contributed by atoms with Gasteiger partial charge in [0.2, 0.25) is 0 Å². The van der Waals surface area contributed by atoms with E-state index in [0.29, 0.717) is 10.0 Å². The zero-order valence-corrected chi connectivity index (χ0v) is 12.8. The molecule has 1 aromatic carbocycles. The molecule has 0 fully saturated rings. The van der Waals surface area contributed by atoms with Gasteiger partial charge in [0.05, 0.1) is 6.04 Å². The van der Waals surface area contributed by atoms with Crippen molar-refractivity contribution in [3.05, 3.63) is 34.1 Å². The van der Waals surface area contributed by atoms with Crippen molar-refractivity contribution in [3.8, 4) is 0 Å². The van der Waals surface area contributed by atoms with Crippen LogP contribution in [-0.2, 0) is 4.74 Å². The largest absolute Gasteiger partial charge is 0.444 e. The molecule has 19 heavy (non-hydrogen) atoms. The second-order valence-electron chi connectivity index (χ2n) is 5.10. The molecule has 3 N–H and O–H groups in total. The smallest absolute Gasteiger partial charge is 0.408 e. The monoisotopic (exact) mass is 332 g/mol. The van der Waals surface area contributed by atoms with Gasteiger partial charge in [-0.3, -0.25) is 0 Å². The predicted octanol–water partition coefficient (Wildman–Crippen LogP) is 3.11. The molecule has 1 unspecified atom stereocenters. The maximum Gasteiger partial charge on any atom is 0.408 e. The van der Waals surface area contributed by atoms with E-state index in [1.165, 1.54) is 12.1 Å². The second-order valence-corrected chi connectivity index (χ2v) is 5.95. The van der Waals surface area contributed by atoms with E-state index < -0.39 is 17.7 Å². The Hall–Kier alpha value is -1.14. The number of rotatable bonds is 3. The fraction of sp³-hybridized carbons (Fsp3) is 0.462. The molecule has 0 aliphatic carbocycles. The van der Waals surface area contributed by atoms with Crippen LogP contribution in [-0.4, -0.2) is 18.2 Å². The third kappa shape index (κ3) is 5.16. The first kappa shape index (κ1) is 15.9. The first-order chi connectivity index (χ1) is 8.73. The predicted molar refractivity (Wildman–Crippen MR) is 75.3 cm³/mol. The van der Waals surface area contributed by atoms with Crippen LogP contribution in [0.5, 0.6) is 0 Å². The average Bonchev–Trinajstić information content (AvgIpc) is 2.27. The van der Waals surface area contributed by atoms with Gasteiger partial charge in [-0.2, -0.15) is 0 Å². The molecule has 0 aliphatic rings. The van der Waals surface area contributed by atoms with E-state index in [9.17, 15) is 9.18 Å². The summed E-state index contributed by atoms with van der Waals surface area (Å²) in [6.45, 7) is 5.44. The molecule has 0 heterocycles. The van der Waals surface area contributed by atoms with Crippen LogP contribution in [0.4, 0.5) is 9.18 Å². The number of hydrogen-bond acceptors (Lipinski definition) is 3. The van der Waals surface area contributed by atoms with Gasteiger partial charge in [0.25, 0.3) is 0 Å². The molecule has 1 amide bonds. The average molecular weight is 333 g/mol. The van der Waals surface area contributed by atoms with Crippen LogP contribution in [0.2, 0.25) is 0 Å². The van der Waals surface area contributed by atoms with Gasteiger partial charge in [0, 0.05) is 11.0 Å². The summed E-state index contributed by atoms with van der Waals surface area (Å²) in [5, 5.41) is 2.62. The summed E-state index contributed by atoms with van der Waals surface area (Å²) in [5.74, 6) is -0.386. The van der Waals surface area contributed by atoms with E-state index in [1.807, 2.05) is 0 Å². The Morgan fingerprint density at radius 2 is 2.16 bits per heavy atom. The summed E-state index contributed by atoms with van der Waals surface area (Å²) in [6.07, 6.45) is -0.584. The Balaban J connectivity index is 2.84. The van der Waals surface area contributed by atoms with Crippen molar-refractivity contribution in [2.75, 3.05) is 6.54 Å². The van der Waals surface area contributed by atoms with Gasteiger partial charge in [-0.05, 0) is 44.5 Å². The van der Waals surface area contributed by atoms with Gasteiger partial charge in [0.1, 0.15) is 11.4 Å². The van der Waals surface area contributed by atoms with Crippen LogP contribution in [0, 0.1) is 5.82 Å². The van der Waals surface area contributed by atoms with E-state index >= 15 is 0 Å². The molecule has 0 saturated heterocycles. The standard InChI is InChI=1S/C13H18BrFN2O2/c1-13(2,3)19-12(18)17-11(7-16)9-6-8(15)4-5-10(9)14/h4-6,11H,7,16H2,1-3H3,(H,17,18). The van der Waals surface area contributed by atoms with Gasteiger partial charge < -0.3 is 15.8 Å². The fourth-order valence-corrected chi connectivity index (χ4v) is 2.02. The molecule has 0 aliphatic heterocycles. The van der Waals surface area contributed by atoms with Crippen LogP contribution in [0.15, 0.2) is 22.7 Å². The summed E-state index contributed by atoms with van der Waals surface area (Å²) in [4.78, 5) is 11.7. The quantitative estimate of drug-likeness (QED) is 0.893. The van der Waals surface area contributed by atoms with Gasteiger partial charge in [-0.1, -0.05) is 15.9 Å². The number of alkyl carbamates (subject to hydrolysis) is 1. The lowest BCUT2D eigenvalue weighted by Crippen LogP contribution is -2.38. The molecule has 6 heteroatoms. The van der Waals surface area contributed by atoms with Crippen molar-refractivity contribution in [2.45, 2.75) is 32.4 Å². The van der Waals surface area contributed by atoms with Crippen LogP contribution in [0.25, 0.3) is 0 Å². The van der Waals surface area contributed by atoms with Crippen LogP contribution < -0.4 is 11.1 Å². The minimum absolute atomic E-state index is 0.140. The normalized spacial score (nSPS) is 12.9. The summed E-state index contributed by atoms with van der Waals surface area (Å²) in [7, 11) is 0. The number of benzene rings is 1. The number of carbonyl (C=O) groups is 1. The molecule has 0 spiro atoms. The maximum absolute atomic E-state index is 13.2. The Morgan fingerprint density at radius 3 is 2.68 bits per heavy atom. The molecular weight excluding hydrogens is 315 g/mol. The van der Waals surface area contributed by atoms with Gasteiger partial charge in [0.15, 0.2) is 0 Å². The highest BCUT2D eigenvalue weighted by molar-refractivity contribution is 9.10. The Labute approximate surface area is 120 Å². The van der Waals surface area contributed by atoms with Gasteiger partial charge >= 0.3 is 6.09 Å². The zero-order valence-electron chi connectivity index (χ0n) is 11.2. The molecule has 1 aromatic rings. The second kappa shape index (κ2) is 6.34. The lowest BCUT2D eigenvalue weighted by atomic mass is 10.1. The van der Waals surface area contributed by atoms with E-state index in [1.54, 1.807) is 26.8 Å². The van der Waals surface area contributed by atoms with Crippen LogP contribution in [0.1, 0.15) is 32.4 Å². The van der Waals surface area contributed by atoms with E-state index in [-0.39, 0.29) is 12.4 Å². The van der Waals surface area contributed by atoms with E-state index in [2.05, 4.69) is 21.2 Å². The molecule has 0 aromatic heterocycles. The molecule has 0 saturated carbocycles. The minimum Gasteiger partial charge on any atom is -0.444 e. The van der Waals surface area contributed by atoms with Crippen molar-refractivity contribution in [1.82, 2.24) is 5.32 Å². The number of carbonyl (C=O) groups excluding carboxylic acids is 1. The van der Waals surface area contributed by atoms with Crippen molar-refractivity contribution in [3.63, 3.8) is 0 Å². The highest BCUT2D eigenvalue weighted by atomic mass is 79.9. The van der Waals surface area contributed by atoms with Gasteiger partial charge in [-0.15, -0.1) is 0 Å². The number of halogens is 2. The van der Waals surface area contributed by atoms with Crippen LogP contribution in [0.3, 0.4) is 0 Å². The highest BCUT2D eigenvalue weighted by Gasteiger charge is 2.21. The summed E-state index contributed by atoms with van der Waals surface area (Å²) >= 11 is 3.31. The summed E-state index contributed by atoms with van der Waals surface area (Å²) in [6, 6.07) is 3.72. The number of amides is 1. The van der Waals surface area contributed by atoms with Crippen molar-refractivity contribution < 1.29 is 13.9 Å². The van der Waals surface area contributed by atoms with E-state index in [4.69, 9.17) is 10.5 Å². The van der Waals surface area contributed by atoms with Crippen molar-refractivity contribution >= 4 is 22.0 Å². The first-order valence-corrected chi connectivity index (χ1v) is 6.67. The number of nitrogens with one attached hydrogen (secondary N) is 1. The topological polar surface area (TPSA) is 64.3 Å².